The number of aryl methyl sites for hydroxylation is 2. The van der Waals surface area contributed by atoms with Crippen LogP contribution in [0.5, 0.6) is 0 Å². The van der Waals surface area contributed by atoms with Crippen molar-refractivity contribution in [3.05, 3.63) is 97.2 Å². The fraction of sp³-hybridized carbons (Fsp3) is 0.217. The summed E-state index contributed by atoms with van der Waals surface area (Å²) in [5.41, 5.74) is -3.44. The molecule has 0 saturated heterocycles. The number of halogens is 4. The van der Waals surface area contributed by atoms with E-state index in [2.05, 4.69) is 24.7 Å². The van der Waals surface area contributed by atoms with Crippen molar-refractivity contribution >= 4 is 36.0 Å². The molecular formula is C23H18ClF3N9Na2O6P. The Morgan fingerprint density at radius 3 is 2.27 bits per heavy atom. The molecule has 0 N–H and O–H groups in total. The van der Waals surface area contributed by atoms with Gasteiger partial charge in [0, 0.05) is 37.3 Å². The van der Waals surface area contributed by atoms with E-state index < -0.39 is 67.7 Å². The van der Waals surface area contributed by atoms with E-state index in [1.807, 2.05) is 0 Å². The van der Waals surface area contributed by atoms with Crippen LogP contribution < -0.4 is 85.9 Å². The zero-order valence-corrected chi connectivity index (χ0v) is 29.6. The minimum Gasteiger partial charge on any atom is -0.790 e. The first kappa shape index (κ1) is 35.5. The van der Waals surface area contributed by atoms with E-state index >= 15 is 0 Å². The number of aromatic nitrogens is 8. The molecule has 15 nitrogen and oxygen atoms in total. The third-order valence-electron chi connectivity index (χ3n) is 5.97. The molecular weight excluding hydrogens is 668 g/mol. The average Bonchev–Trinajstić information content (AvgIpc) is 3.45. The predicted molar refractivity (Wildman–Crippen MR) is 138 cm³/mol. The van der Waals surface area contributed by atoms with Gasteiger partial charge < -0.3 is 18.9 Å². The number of benzene rings is 2. The van der Waals surface area contributed by atoms with Crippen LogP contribution in [0, 0.1) is 17.5 Å². The van der Waals surface area contributed by atoms with Gasteiger partial charge in [-0.2, -0.15) is 10.2 Å². The first-order valence-electron chi connectivity index (χ1n) is 12.4. The van der Waals surface area contributed by atoms with Crippen molar-refractivity contribution in [2.24, 2.45) is 19.1 Å². The molecule has 0 spiro atoms. The standard InChI is InChI=1S/C23H20ClF3N9O6P.2Na/c1-32-7-13-4-19(14(24)5-18(13)30-32)29-21-34(8-12-3-16(26)17(27)6-15(12)25)22(37)35(9-20-28-10-33(2)31-20)23(38)36(21)11-42-43(39,40)41;;/h3-7,10H,8-9,11H2,1-2H3,(H2,39,40,41);;/q;2*+1/p-2/i10D;;. The number of hydrogen-bond acceptors (Lipinski definition) is 10. The van der Waals surface area contributed by atoms with Crippen molar-refractivity contribution in [3.63, 3.8) is 0 Å². The van der Waals surface area contributed by atoms with E-state index in [4.69, 9.17) is 13.0 Å². The molecule has 0 aliphatic heterocycles. The summed E-state index contributed by atoms with van der Waals surface area (Å²) in [5, 5.41) is 8.57. The van der Waals surface area contributed by atoms with Crippen LogP contribution in [-0.2, 0) is 43.0 Å². The largest absolute Gasteiger partial charge is 1.00 e. The van der Waals surface area contributed by atoms with Crippen LogP contribution >= 0.6 is 19.4 Å². The monoisotopic (exact) mass is 686 g/mol. The summed E-state index contributed by atoms with van der Waals surface area (Å²) in [4.78, 5) is 58.3. The van der Waals surface area contributed by atoms with Crippen molar-refractivity contribution in [3.8, 4) is 0 Å². The van der Waals surface area contributed by atoms with Crippen LogP contribution in [0.15, 0.2) is 51.3 Å². The van der Waals surface area contributed by atoms with E-state index in [1.165, 1.54) is 23.9 Å². The summed E-state index contributed by atoms with van der Waals surface area (Å²) < 4.78 is 70.1. The topological polar surface area (TPSA) is 182 Å². The Morgan fingerprint density at radius 1 is 0.956 bits per heavy atom. The van der Waals surface area contributed by atoms with Crippen molar-refractivity contribution in [1.29, 1.82) is 0 Å². The third kappa shape index (κ3) is 8.33. The second-order valence-electron chi connectivity index (χ2n) is 9.06. The molecule has 2 aromatic carbocycles. The molecule has 3 aromatic heterocycles. The quantitative estimate of drug-likeness (QED) is 0.0872. The van der Waals surface area contributed by atoms with Crippen LogP contribution in [0.25, 0.3) is 10.9 Å². The second kappa shape index (κ2) is 14.6. The fourth-order valence-corrected chi connectivity index (χ4v) is 4.55. The maximum absolute atomic E-state index is 14.8. The molecule has 22 heteroatoms. The Kier molecular flexibility index (Phi) is 11.5. The fourth-order valence-electron chi connectivity index (χ4n) is 4.09. The van der Waals surface area contributed by atoms with Crippen molar-refractivity contribution in [2.45, 2.75) is 19.8 Å². The van der Waals surface area contributed by atoms with Gasteiger partial charge in [0.05, 0.1) is 37.1 Å². The number of phosphoric acid groups is 1. The van der Waals surface area contributed by atoms with Gasteiger partial charge >= 0.3 is 70.5 Å². The van der Waals surface area contributed by atoms with E-state index in [9.17, 15) is 37.1 Å². The summed E-state index contributed by atoms with van der Waals surface area (Å²) in [6, 6.07) is 3.53. The van der Waals surface area contributed by atoms with Gasteiger partial charge in [-0.1, -0.05) is 11.6 Å². The molecule has 45 heavy (non-hydrogen) atoms. The maximum atomic E-state index is 14.8. The Hall–Kier alpha value is -2.35. The van der Waals surface area contributed by atoms with Crippen LogP contribution in [0.3, 0.4) is 0 Å². The zero-order chi connectivity index (χ0) is 32.1. The van der Waals surface area contributed by atoms with E-state index in [-0.39, 0.29) is 88.0 Å². The van der Waals surface area contributed by atoms with Crippen molar-refractivity contribution < 1.29 is 92.5 Å². The molecule has 0 saturated carbocycles. The molecule has 0 atom stereocenters. The van der Waals surface area contributed by atoms with Crippen LogP contribution in [0.1, 0.15) is 12.8 Å². The van der Waals surface area contributed by atoms with E-state index in [0.29, 0.717) is 30.7 Å². The molecule has 5 aromatic rings. The van der Waals surface area contributed by atoms with Crippen LogP contribution in [0.2, 0.25) is 5.02 Å². The normalized spacial score (nSPS) is 12.3. The molecule has 0 aliphatic rings. The van der Waals surface area contributed by atoms with Gasteiger partial charge in [0.15, 0.2) is 17.5 Å². The van der Waals surface area contributed by atoms with E-state index in [0.717, 1.165) is 4.68 Å². The first-order chi connectivity index (χ1) is 20.6. The third-order valence-corrected chi connectivity index (χ3v) is 6.70. The van der Waals surface area contributed by atoms with Crippen molar-refractivity contribution in [1.82, 2.24) is 38.2 Å². The van der Waals surface area contributed by atoms with Crippen LogP contribution in [0.4, 0.5) is 18.9 Å². The Morgan fingerprint density at radius 2 is 1.62 bits per heavy atom. The number of hydrogen-bond donors (Lipinski definition) is 0. The summed E-state index contributed by atoms with van der Waals surface area (Å²) in [7, 11) is -2.73. The molecule has 226 valence electrons. The van der Waals surface area contributed by atoms with Gasteiger partial charge in [-0.25, -0.2) is 41.9 Å². The van der Waals surface area contributed by atoms with Crippen molar-refractivity contribution in [2.75, 3.05) is 0 Å². The Bertz CT molecular complexity index is 2180. The minimum atomic E-state index is -5.73. The summed E-state index contributed by atoms with van der Waals surface area (Å²) >= 11 is 6.39. The number of nitrogens with zero attached hydrogens (tertiary/aromatic N) is 9. The number of fused-ring (bicyclic) bond motifs is 1. The SMILES string of the molecule is [2H]c1nc(Cn2c(=O)n(COP(=O)([O-])[O-])c(=Nc3cc4cn(C)nc4cc3Cl)n(Cc3cc(F)c(F)cc3F)c2=O)nn1C.[Na+].[Na+]. The van der Waals surface area contributed by atoms with E-state index in [1.54, 1.807) is 13.2 Å². The van der Waals surface area contributed by atoms with Crippen LogP contribution in [-0.4, -0.2) is 38.2 Å². The molecule has 0 aliphatic carbocycles. The minimum absolute atomic E-state index is 0. The van der Waals surface area contributed by atoms with Gasteiger partial charge in [0.1, 0.15) is 20.2 Å². The van der Waals surface area contributed by atoms with Gasteiger partial charge in [-0.15, -0.1) is 0 Å². The van der Waals surface area contributed by atoms with Gasteiger partial charge in [-0.05, 0) is 18.2 Å². The summed E-state index contributed by atoms with van der Waals surface area (Å²) in [5.74, 6) is -4.45. The number of rotatable bonds is 8. The molecule has 3 heterocycles. The molecule has 0 unspecified atom stereocenters. The second-order valence-corrected chi connectivity index (χ2v) is 10.6. The zero-order valence-electron chi connectivity index (χ0n) is 24.9. The molecule has 0 bridgehead atoms. The smallest absolute Gasteiger partial charge is 0.790 e. The van der Waals surface area contributed by atoms with Gasteiger partial charge in [0.2, 0.25) is 5.62 Å². The Balaban J connectivity index is 0.00000288. The molecule has 0 amide bonds. The molecule has 0 fully saturated rings. The van der Waals surface area contributed by atoms with Gasteiger partial charge in [-0.3, -0.25) is 13.9 Å². The van der Waals surface area contributed by atoms with Gasteiger partial charge in [0.25, 0.3) is 0 Å². The predicted octanol–water partition coefficient (Wildman–Crippen LogP) is -5.96. The molecule has 0 radical (unpaired) electrons. The summed E-state index contributed by atoms with van der Waals surface area (Å²) in [6.07, 6.45) is 1.26. The summed E-state index contributed by atoms with van der Waals surface area (Å²) in [6.45, 7) is -2.90. The molecule has 5 rings (SSSR count). The maximum Gasteiger partial charge on any atom is 1.00 e. The first-order valence-corrected chi connectivity index (χ1v) is 13.7. The Labute approximate surface area is 300 Å². The number of phosphoric ester groups is 1. The average molecular weight is 687 g/mol.